The Morgan fingerprint density at radius 3 is 2.61 bits per heavy atom. The van der Waals surface area contributed by atoms with Gasteiger partial charge >= 0.3 is 0 Å². The molecule has 3 atom stereocenters. The summed E-state index contributed by atoms with van der Waals surface area (Å²) in [6, 6.07) is 0.243. The molecule has 1 rings (SSSR count). The third kappa shape index (κ3) is 5.38. The van der Waals surface area contributed by atoms with Gasteiger partial charge in [0.2, 0.25) is 5.91 Å². The van der Waals surface area contributed by atoms with E-state index in [0.29, 0.717) is 5.92 Å². The Balaban J connectivity index is 2.25. The number of nitrogens with one attached hydrogen (secondary N) is 1. The summed E-state index contributed by atoms with van der Waals surface area (Å²) >= 11 is 0. The van der Waals surface area contributed by atoms with Gasteiger partial charge in [0, 0.05) is 18.5 Å². The summed E-state index contributed by atoms with van der Waals surface area (Å²) in [6.07, 6.45) is 9.05. The van der Waals surface area contributed by atoms with E-state index in [1.54, 1.807) is 0 Å². The topological polar surface area (TPSA) is 55.1 Å². The van der Waals surface area contributed by atoms with Gasteiger partial charge in [0.15, 0.2) is 0 Å². The predicted octanol–water partition coefficient (Wildman–Crippen LogP) is 2.84. The van der Waals surface area contributed by atoms with Crippen LogP contribution in [0.2, 0.25) is 0 Å². The molecule has 3 unspecified atom stereocenters. The Hall–Kier alpha value is -0.570. The zero-order chi connectivity index (χ0) is 13.4. The van der Waals surface area contributed by atoms with Crippen molar-refractivity contribution in [1.82, 2.24) is 5.32 Å². The molecule has 1 aliphatic carbocycles. The Bertz CT molecular complexity index is 243. The van der Waals surface area contributed by atoms with Crippen LogP contribution in [-0.4, -0.2) is 18.5 Å². The number of amides is 1. The van der Waals surface area contributed by atoms with E-state index in [0.717, 1.165) is 25.8 Å². The summed E-state index contributed by atoms with van der Waals surface area (Å²) in [5.41, 5.74) is 5.85. The van der Waals surface area contributed by atoms with Crippen molar-refractivity contribution in [3.05, 3.63) is 0 Å². The standard InChI is InChI=1S/C15H30N2O/c1-3-5-7-12(6-4-2)11-17-15(18)13-8-9-14(16)10-13/h12-14H,3-11,16H2,1-2H3,(H,17,18). The van der Waals surface area contributed by atoms with Crippen LogP contribution in [0.5, 0.6) is 0 Å². The molecule has 1 amide bonds. The maximum atomic E-state index is 12.0. The van der Waals surface area contributed by atoms with Gasteiger partial charge in [-0.25, -0.2) is 0 Å². The van der Waals surface area contributed by atoms with Gasteiger partial charge in [0.1, 0.15) is 0 Å². The quantitative estimate of drug-likeness (QED) is 0.700. The lowest BCUT2D eigenvalue weighted by atomic mass is 9.96. The summed E-state index contributed by atoms with van der Waals surface area (Å²) in [6.45, 7) is 5.30. The molecule has 0 saturated heterocycles. The van der Waals surface area contributed by atoms with E-state index in [9.17, 15) is 4.79 Å². The highest BCUT2D eigenvalue weighted by Crippen LogP contribution is 2.24. The summed E-state index contributed by atoms with van der Waals surface area (Å²) in [5, 5.41) is 3.14. The first kappa shape index (κ1) is 15.5. The molecule has 3 N–H and O–H groups in total. The van der Waals surface area contributed by atoms with Crippen LogP contribution < -0.4 is 11.1 Å². The van der Waals surface area contributed by atoms with Gasteiger partial charge in [0.05, 0.1) is 0 Å². The van der Waals surface area contributed by atoms with Crippen LogP contribution in [0.25, 0.3) is 0 Å². The number of carbonyl (C=O) groups excluding carboxylic acids is 1. The normalized spacial score (nSPS) is 25.1. The van der Waals surface area contributed by atoms with E-state index in [1.165, 1.54) is 32.1 Å². The zero-order valence-electron chi connectivity index (χ0n) is 12.1. The van der Waals surface area contributed by atoms with E-state index in [1.807, 2.05) is 0 Å². The second-order valence-electron chi connectivity index (χ2n) is 5.81. The third-order valence-corrected chi connectivity index (χ3v) is 4.07. The van der Waals surface area contributed by atoms with Crippen molar-refractivity contribution in [2.75, 3.05) is 6.54 Å². The van der Waals surface area contributed by atoms with Gasteiger partial charge in [-0.1, -0.05) is 33.1 Å². The van der Waals surface area contributed by atoms with Crippen molar-refractivity contribution in [2.45, 2.75) is 71.3 Å². The highest BCUT2D eigenvalue weighted by Gasteiger charge is 2.27. The van der Waals surface area contributed by atoms with Crippen LogP contribution in [0.3, 0.4) is 0 Å². The molecule has 0 spiro atoms. The molecule has 3 heteroatoms. The van der Waals surface area contributed by atoms with Gasteiger partial charge in [-0.2, -0.15) is 0 Å². The maximum absolute atomic E-state index is 12.0. The molecule has 18 heavy (non-hydrogen) atoms. The molecule has 0 bridgehead atoms. The Kier molecular flexibility index (Phi) is 7.33. The lowest BCUT2D eigenvalue weighted by Crippen LogP contribution is -2.34. The fourth-order valence-corrected chi connectivity index (χ4v) is 2.89. The van der Waals surface area contributed by atoms with E-state index < -0.39 is 0 Å². The molecular formula is C15H30N2O. The Morgan fingerprint density at radius 2 is 2.06 bits per heavy atom. The highest BCUT2D eigenvalue weighted by molar-refractivity contribution is 5.78. The van der Waals surface area contributed by atoms with Crippen molar-refractivity contribution >= 4 is 5.91 Å². The molecule has 3 nitrogen and oxygen atoms in total. The minimum Gasteiger partial charge on any atom is -0.356 e. The van der Waals surface area contributed by atoms with Gasteiger partial charge in [-0.05, 0) is 38.0 Å². The third-order valence-electron chi connectivity index (χ3n) is 4.07. The van der Waals surface area contributed by atoms with Crippen molar-refractivity contribution in [2.24, 2.45) is 17.6 Å². The van der Waals surface area contributed by atoms with Gasteiger partial charge in [0.25, 0.3) is 0 Å². The smallest absolute Gasteiger partial charge is 0.223 e. The van der Waals surface area contributed by atoms with E-state index in [2.05, 4.69) is 19.2 Å². The van der Waals surface area contributed by atoms with Crippen LogP contribution >= 0.6 is 0 Å². The molecule has 0 aromatic carbocycles. The summed E-state index contributed by atoms with van der Waals surface area (Å²) in [7, 11) is 0. The van der Waals surface area contributed by atoms with Crippen molar-refractivity contribution in [3.8, 4) is 0 Å². The average molecular weight is 254 g/mol. The van der Waals surface area contributed by atoms with E-state index in [4.69, 9.17) is 5.73 Å². The molecule has 106 valence electrons. The Labute approximate surface area is 112 Å². The van der Waals surface area contributed by atoms with Gasteiger partial charge in [-0.3, -0.25) is 4.79 Å². The molecule has 0 radical (unpaired) electrons. The molecule has 1 fully saturated rings. The predicted molar refractivity (Wildman–Crippen MR) is 76.2 cm³/mol. The molecule has 1 saturated carbocycles. The highest BCUT2D eigenvalue weighted by atomic mass is 16.1. The van der Waals surface area contributed by atoms with Crippen LogP contribution in [-0.2, 0) is 4.79 Å². The SMILES string of the molecule is CCCCC(CCC)CNC(=O)C1CCC(N)C1. The van der Waals surface area contributed by atoms with E-state index in [-0.39, 0.29) is 17.9 Å². The molecule has 0 heterocycles. The first-order valence-corrected chi connectivity index (χ1v) is 7.70. The van der Waals surface area contributed by atoms with Crippen molar-refractivity contribution in [3.63, 3.8) is 0 Å². The van der Waals surface area contributed by atoms with Gasteiger partial charge < -0.3 is 11.1 Å². The van der Waals surface area contributed by atoms with Crippen LogP contribution in [0.1, 0.15) is 65.2 Å². The maximum Gasteiger partial charge on any atom is 0.223 e. The Morgan fingerprint density at radius 1 is 1.28 bits per heavy atom. The molecule has 1 aliphatic rings. The van der Waals surface area contributed by atoms with Gasteiger partial charge in [-0.15, -0.1) is 0 Å². The van der Waals surface area contributed by atoms with Crippen molar-refractivity contribution < 1.29 is 4.79 Å². The fourth-order valence-electron chi connectivity index (χ4n) is 2.89. The minimum atomic E-state index is 0.174. The number of unbranched alkanes of at least 4 members (excludes halogenated alkanes) is 1. The summed E-state index contributed by atoms with van der Waals surface area (Å²) in [4.78, 5) is 12.0. The summed E-state index contributed by atoms with van der Waals surface area (Å²) < 4.78 is 0. The number of hydrogen-bond acceptors (Lipinski definition) is 2. The molecular weight excluding hydrogens is 224 g/mol. The average Bonchev–Trinajstić information content (AvgIpc) is 2.79. The molecule has 0 aromatic rings. The number of hydrogen-bond donors (Lipinski definition) is 2. The van der Waals surface area contributed by atoms with Crippen LogP contribution in [0, 0.1) is 11.8 Å². The number of nitrogens with two attached hydrogens (primary N) is 1. The second-order valence-corrected chi connectivity index (χ2v) is 5.81. The monoisotopic (exact) mass is 254 g/mol. The van der Waals surface area contributed by atoms with Crippen LogP contribution in [0.4, 0.5) is 0 Å². The zero-order valence-corrected chi connectivity index (χ0v) is 12.1. The summed E-state index contributed by atoms with van der Waals surface area (Å²) in [5.74, 6) is 1.07. The molecule has 0 aliphatic heterocycles. The van der Waals surface area contributed by atoms with E-state index >= 15 is 0 Å². The fraction of sp³-hybridized carbons (Fsp3) is 0.933. The lowest BCUT2D eigenvalue weighted by molar-refractivity contribution is -0.125. The molecule has 0 aromatic heterocycles. The number of rotatable bonds is 8. The second kappa shape index (κ2) is 8.52. The van der Waals surface area contributed by atoms with Crippen molar-refractivity contribution in [1.29, 1.82) is 0 Å². The van der Waals surface area contributed by atoms with Crippen LogP contribution in [0.15, 0.2) is 0 Å². The number of carbonyl (C=O) groups is 1. The lowest BCUT2D eigenvalue weighted by Gasteiger charge is -2.18. The first-order valence-electron chi connectivity index (χ1n) is 7.70. The minimum absolute atomic E-state index is 0.174. The first-order chi connectivity index (χ1) is 8.67. The largest absolute Gasteiger partial charge is 0.356 e.